The summed E-state index contributed by atoms with van der Waals surface area (Å²) in [5.41, 5.74) is 2.56. The number of hydrogen-bond donors (Lipinski definition) is 0. The van der Waals surface area contributed by atoms with Crippen LogP contribution in [0.4, 0.5) is 0 Å². The maximum absolute atomic E-state index is 13.1. The van der Waals surface area contributed by atoms with Gasteiger partial charge in [0.2, 0.25) is 0 Å². The molecule has 188 valence electrons. The van der Waals surface area contributed by atoms with Gasteiger partial charge < -0.3 is 9.47 Å². The van der Waals surface area contributed by atoms with Gasteiger partial charge in [-0.1, -0.05) is 109 Å². The summed E-state index contributed by atoms with van der Waals surface area (Å²) < 4.78 is 12.1. The van der Waals surface area contributed by atoms with E-state index < -0.39 is 11.9 Å². The summed E-state index contributed by atoms with van der Waals surface area (Å²) >= 11 is 0. The van der Waals surface area contributed by atoms with E-state index in [0.717, 1.165) is 32.7 Å². The van der Waals surface area contributed by atoms with Crippen LogP contribution in [0, 0.1) is 0 Å². The third-order valence-electron chi connectivity index (χ3n) is 6.71. The summed E-state index contributed by atoms with van der Waals surface area (Å²) in [6.07, 6.45) is 0.393. The zero-order valence-electron chi connectivity index (χ0n) is 21.0. The fraction of sp³-hybridized carbons (Fsp3) is 0.0286. The molecule has 0 heterocycles. The number of carbonyl (C=O) groups is 2. The molecule has 6 aromatic carbocycles. The Bertz CT molecular complexity index is 1670. The van der Waals surface area contributed by atoms with Crippen molar-refractivity contribution < 1.29 is 19.1 Å². The summed E-state index contributed by atoms with van der Waals surface area (Å²) in [6.45, 7) is 0. The van der Waals surface area contributed by atoms with Crippen molar-refractivity contribution in [1.82, 2.24) is 0 Å². The summed E-state index contributed by atoms with van der Waals surface area (Å²) in [4.78, 5) is 26.2. The van der Waals surface area contributed by atoms with Gasteiger partial charge in [-0.05, 0) is 35.0 Å². The zero-order valence-corrected chi connectivity index (χ0v) is 21.0. The lowest BCUT2D eigenvalue weighted by Crippen LogP contribution is -2.12. The normalized spacial score (nSPS) is 10.9. The van der Waals surface area contributed by atoms with E-state index in [1.807, 2.05) is 109 Å². The van der Waals surface area contributed by atoms with Crippen molar-refractivity contribution >= 4 is 33.5 Å². The van der Waals surface area contributed by atoms with Crippen LogP contribution in [0.15, 0.2) is 133 Å². The molecular weight excluding hydrogens is 484 g/mol. The second-order valence-electron chi connectivity index (χ2n) is 9.24. The molecule has 0 atom stereocenters. The zero-order chi connectivity index (χ0) is 26.6. The highest BCUT2D eigenvalue weighted by molar-refractivity contribution is 5.98. The fourth-order valence-electron chi connectivity index (χ4n) is 4.75. The molecule has 0 amide bonds. The van der Waals surface area contributed by atoms with E-state index in [1.54, 1.807) is 24.3 Å². The predicted octanol–water partition coefficient (Wildman–Crippen LogP) is 8.02. The van der Waals surface area contributed by atoms with E-state index in [1.165, 1.54) is 0 Å². The number of carbonyl (C=O) groups excluding carboxylic acids is 2. The molecule has 0 aromatic heterocycles. The van der Waals surface area contributed by atoms with Gasteiger partial charge in [-0.25, -0.2) is 9.59 Å². The first kappa shape index (κ1) is 24.1. The van der Waals surface area contributed by atoms with Gasteiger partial charge in [-0.2, -0.15) is 0 Å². The van der Waals surface area contributed by atoms with Crippen molar-refractivity contribution in [2.24, 2.45) is 0 Å². The third kappa shape index (κ3) is 5.00. The highest BCUT2D eigenvalue weighted by Gasteiger charge is 2.19. The molecule has 6 rings (SSSR count). The molecule has 0 N–H and O–H groups in total. The number of ether oxygens (including phenoxy) is 2. The number of benzene rings is 6. The van der Waals surface area contributed by atoms with E-state index in [-0.39, 0.29) is 0 Å². The standard InChI is InChI=1S/C35H24O4/c36-34(26-13-3-1-4-14-26)38-32-28(21-19-24-11-7-9-17-30(24)32)23-29-22-20-25-12-8-10-18-31(25)33(29)39-35(37)27-15-5-2-6-16-27/h1-22H,23H2. The Kier molecular flexibility index (Phi) is 6.59. The summed E-state index contributed by atoms with van der Waals surface area (Å²) in [7, 11) is 0. The van der Waals surface area contributed by atoms with Crippen molar-refractivity contribution in [1.29, 1.82) is 0 Å². The fourth-order valence-corrected chi connectivity index (χ4v) is 4.75. The Hall–Kier alpha value is -5.22. The summed E-state index contributed by atoms with van der Waals surface area (Å²) in [6, 6.07) is 41.5. The van der Waals surface area contributed by atoms with Gasteiger partial charge in [0.05, 0.1) is 11.1 Å². The SMILES string of the molecule is O=C(Oc1c(Cc2ccc3ccccc3c2OC(=O)c2ccccc2)ccc2ccccc12)c1ccccc1. The van der Waals surface area contributed by atoms with Gasteiger partial charge in [0.1, 0.15) is 11.5 Å². The van der Waals surface area contributed by atoms with Crippen LogP contribution in [-0.4, -0.2) is 11.9 Å². The van der Waals surface area contributed by atoms with E-state index >= 15 is 0 Å². The molecule has 4 nitrogen and oxygen atoms in total. The van der Waals surface area contributed by atoms with Gasteiger partial charge in [-0.3, -0.25) is 0 Å². The largest absolute Gasteiger partial charge is 0.422 e. The monoisotopic (exact) mass is 508 g/mol. The Morgan fingerprint density at radius 3 is 1.26 bits per heavy atom. The molecule has 39 heavy (non-hydrogen) atoms. The van der Waals surface area contributed by atoms with Crippen LogP contribution in [0.5, 0.6) is 11.5 Å². The number of esters is 2. The summed E-state index contributed by atoms with van der Waals surface area (Å²) in [5.74, 6) is 0.135. The molecule has 0 aliphatic rings. The first-order valence-electron chi connectivity index (χ1n) is 12.7. The maximum atomic E-state index is 13.1. The smallest absolute Gasteiger partial charge is 0.343 e. The van der Waals surface area contributed by atoms with Crippen LogP contribution in [0.25, 0.3) is 21.5 Å². The van der Waals surface area contributed by atoms with E-state index in [0.29, 0.717) is 29.0 Å². The number of hydrogen-bond acceptors (Lipinski definition) is 4. The van der Waals surface area contributed by atoms with Gasteiger partial charge in [-0.15, -0.1) is 0 Å². The topological polar surface area (TPSA) is 52.6 Å². The minimum atomic E-state index is -0.428. The molecule has 0 radical (unpaired) electrons. The number of fused-ring (bicyclic) bond motifs is 2. The highest BCUT2D eigenvalue weighted by atomic mass is 16.5. The predicted molar refractivity (Wildman–Crippen MR) is 154 cm³/mol. The molecule has 0 saturated carbocycles. The van der Waals surface area contributed by atoms with Crippen molar-refractivity contribution in [3.8, 4) is 11.5 Å². The van der Waals surface area contributed by atoms with Gasteiger partial charge in [0.25, 0.3) is 0 Å². The van der Waals surface area contributed by atoms with Crippen molar-refractivity contribution in [3.63, 3.8) is 0 Å². The Morgan fingerprint density at radius 2 is 0.821 bits per heavy atom. The lowest BCUT2D eigenvalue weighted by atomic mass is 9.96. The highest BCUT2D eigenvalue weighted by Crippen LogP contribution is 2.37. The molecule has 0 aliphatic heterocycles. The molecule has 6 aromatic rings. The average Bonchev–Trinajstić information content (AvgIpc) is 3.00. The third-order valence-corrected chi connectivity index (χ3v) is 6.71. The summed E-state index contributed by atoms with van der Waals surface area (Å²) in [5, 5.41) is 3.60. The minimum Gasteiger partial charge on any atom is -0.422 e. The van der Waals surface area contributed by atoms with Crippen molar-refractivity contribution in [2.45, 2.75) is 6.42 Å². The van der Waals surface area contributed by atoms with Crippen molar-refractivity contribution in [2.75, 3.05) is 0 Å². The molecule has 0 bridgehead atoms. The lowest BCUT2D eigenvalue weighted by molar-refractivity contribution is 0.0728. The van der Waals surface area contributed by atoms with Gasteiger partial charge >= 0.3 is 11.9 Å². The van der Waals surface area contributed by atoms with Crippen LogP contribution in [0.1, 0.15) is 31.8 Å². The average molecular weight is 509 g/mol. The second kappa shape index (κ2) is 10.6. The van der Waals surface area contributed by atoms with Crippen LogP contribution in [0.2, 0.25) is 0 Å². The quantitative estimate of drug-likeness (QED) is 0.169. The van der Waals surface area contributed by atoms with E-state index in [2.05, 4.69) is 0 Å². The molecule has 0 fully saturated rings. The van der Waals surface area contributed by atoms with E-state index in [9.17, 15) is 9.59 Å². The first-order valence-corrected chi connectivity index (χ1v) is 12.7. The van der Waals surface area contributed by atoms with Crippen LogP contribution >= 0.6 is 0 Å². The Balaban J connectivity index is 1.44. The van der Waals surface area contributed by atoms with Crippen LogP contribution < -0.4 is 9.47 Å². The lowest BCUT2D eigenvalue weighted by Gasteiger charge is -2.17. The molecule has 0 saturated heterocycles. The molecule has 0 aliphatic carbocycles. The first-order chi connectivity index (χ1) is 19.2. The second-order valence-corrected chi connectivity index (χ2v) is 9.24. The van der Waals surface area contributed by atoms with Gasteiger partial charge in [0, 0.05) is 28.3 Å². The molecule has 4 heteroatoms. The minimum absolute atomic E-state index is 0.393. The molecular formula is C35H24O4. The van der Waals surface area contributed by atoms with Crippen LogP contribution in [-0.2, 0) is 6.42 Å². The van der Waals surface area contributed by atoms with Crippen molar-refractivity contribution in [3.05, 3.63) is 156 Å². The Labute approximate surface area is 226 Å². The molecule has 0 spiro atoms. The molecule has 0 unspecified atom stereocenters. The Morgan fingerprint density at radius 1 is 0.436 bits per heavy atom. The van der Waals surface area contributed by atoms with E-state index in [4.69, 9.17) is 9.47 Å². The van der Waals surface area contributed by atoms with Crippen LogP contribution in [0.3, 0.4) is 0 Å². The van der Waals surface area contributed by atoms with Gasteiger partial charge in [0.15, 0.2) is 0 Å². The maximum Gasteiger partial charge on any atom is 0.343 e. The number of rotatable bonds is 6.